The van der Waals surface area contributed by atoms with E-state index in [9.17, 15) is 0 Å². The third-order valence-electron chi connectivity index (χ3n) is 3.94. The molecule has 0 amide bonds. The number of hydrogen-bond donors (Lipinski definition) is 1. The third kappa shape index (κ3) is 6.33. The second-order valence-corrected chi connectivity index (χ2v) is 7.02. The van der Waals surface area contributed by atoms with Crippen molar-refractivity contribution in [3.63, 3.8) is 0 Å². The van der Waals surface area contributed by atoms with Gasteiger partial charge in [0.2, 0.25) is 0 Å². The highest BCUT2D eigenvalue weighted by Gasteiger charge is 2.20. The Bertz CT molecular complexity index is 468. The zero-order valence-corrected chi connectivity index (χ0v) is 13.7. The molecule has 1 aliphatic heterocycles. The highest BCUT2D eigenvalue weighted by molar-refractivity contribution is 5.33. The summed E-state index contributed by atoms with van der Waals surface area (Å²) in [7, 11) is 0. The van der Waals surface area contributed by atoms with Crippen LogP contribution in [-0.2, 0) is 0 Å². The van der Waals surface area contributed by atoms with Gasteiger partial charge in [-0.15, -0.1) is 0 Å². The van der Waals surface area contributed by atoms with Crippen molar-refractivity contribution < 1.29 is 0 Å². The summed E-state index contributed by atoms with van der Waals surface area (Å²) in [5.74, 6) is 7.37. The lowest BCUT2D eigenvalue weighted by molar-refractivity contribution is 0.193. The lowest BCUT2D eigenvalue weighted by Gasteiger charge is -2.32. The minimum absolute atomic E-state index is 0.234. The van der Waals surface area contributed by atoms with E-state index in [0.29, 0.717) is 0 Å². The van der Waals surface area contributed by atoms with Gasteiger partial charge >= 0.3 is 0 Å². The molecule has 0 radical (unpaired) electrons. The molecule has 2 nitrogen and oxygen atoms in total. The Morgan fingerprint density at radius 1 is 1.14 bits per heavy atom. The Morgan fingerprint density at radius 3 is 2.43 bits per heavy atom. The molecule has 2 rings (SSSR count). The maximum absolute atomic E-state index is 3.62. The van der Waals surface area contributed by atoms with Crippen LogP contribution in [0.2, 0.25) is 0 Å². The first kappa shape index (κ1) is 16.1. The number of nitrogens with zero attached hydrogens (tertiary/aromatic N) is 1. The predicted molar refractivity (Wildman–Crippen MR) is 90.2 cm³/mol. The molecule has 114 valence electrons. The van der Waals surface area contributed by atoms with Gasteiger partial charge in [-0.25, -0.2) is 0 Å². The molecule has 1 heterocycles. The fraction of sp³-hybridized carbons (Fsp3) is 0.579. The average molecular weight is 284 g/mol. The molecule has 0 unspecified atom stereocenters. The maximum Gasteiger partial charge on any atom is 0.0605 e. The van der Waals surface area contributed by atoms with E-state index >= 15 is 0 Å². The lowest BCUT2D eigenvalue weighted by Crippen LogP contribution is -2.42. The van der Waals surface area contributed by atoms with Crippen molar-refractivity contribution in [1.82, 2.24) is 10.2 Å². The van der Waals surface area contributed by atoms with E-state index in [-0.39, 0.29) is 5.54 Å². The Hall–Kier alpha value is -1.30. The summed E-state index contributed by atoms with van der Waals surface area (Å²) in [4.78, 5) is 2.48. The first-order chi connectivity index (χ1) is 10.0. The van der Waals surface area contributed by atoms with E-state index < -0.39 is 0 Å². The van der Waals surface area contributed by atoms with Crippen LogP contribution >= 0.6 is 0 Å². The quantitative estimate of drug-likeness (QED) is 0.858. The molecule has 0 bridgehead atoms. The number of nitrogens with one attached hydrogen (secondary N) is 1. The molecule has 1 saturated heterocycles. The van der Waals surface area contributed by atoms with Gasteiger partial charge in [0.25, 0.3) is 0 Å². The molecule has 0 spiro atoms. The van der Waals surface area contributed by atoms with Gasteiger partial charge in [0.15, 0.2) is 0 Å². The van der Waals surface area contributed by atoms with Crippen LogP contribution in [0.4, 0.5) is 0 Å². The zero-order valence-electron chi connectivity index (χ0n) is 13.7. The fourth-order valence-electron chi connectivity index (χ4n) is 2.57. The van der Waals surface area contributed by atoms with Gasteiger partial charge in [-0.05, 0) is 71.3 Å². The fourth-order valence-corrected chi connectivity index (χ4v) is 2.57. The second kappa shape index (κ2) is 7.64. The molecule has 1 N–H and O–H groups in total. The molecular formula is C19H28N2. The molecule has 0 aromatic heterocycles. The van der Waals surface area contributed by atoms with Crippen molar-refractivity contribution in [2.24, 2.45) is 5.92 Å². The number of likely N-dealkylation sites (tertiary alicyclic amines) is 1. The Balaban J connectivity index is 1.69. The van der Waals surface area contributed by atoms with E-state index in [0.717, 1.165) is 24.6 Å². The molecule has 0 aliphatic carbocycles. The summed E-state index contributed by atoms with van der Waals surface area (Å²) in [5.41, 5.74) is 1.35. The molecule has 1 aromatic rings. The van der Waals surface area contributed by atoms with Crippen molar-refractivity contribution in [3.8, 4) is 11.8 Å². The van der Waals surface area contributed by atoms with Crippen LogP contribution in [0, 0.1) is 17.8 Å². The zero-order chi connectivity index (χ0) is 15.1. The summed E-state index contributed by atoms with van der Waals surface area (Å²) in [6, 6.07) is 10.2. The summed E-state index contributed by atoms with van der Waals surface area (Å²) in [5, 5.41) is 3.62. The van der Waals surface area contributed by atoms with Crippen molar-refractivity contribution in [2.75, 3.05) is 26.2 Å². The summed E-state index contributed by atoms with van der Waals surface area (Å²) in [6.45, 7) is 11.1. The van der Waals surface area contributed by atoms with Crippen molar-refractivity contribution in [1.29, 1.82) is 0 Å². The van der Waals surface area contributed by atoms with Crippen molar-refractivity contribution in [2.45, 2.75) is 39.2 Å². The Labute approximate surface area is 129 Å². The van der Waals surface area contributed by atoms with Gasteiger partial charge in [-0.3, -0.25) is 4.90 Å². The van der Waals surface area contributed by atoms with Gasteiger partial charge in [0.1, 0.15) is 0 Å². The first-order valence-electron chi connectivity index (χ1n) is 8.04. The van der Waals surface area contributed by atoms with Crippen LogP contribution in [0.3, 0.4) is 0 Å². The van der Waals surface area contributed by atoms with E-state index in [1.165, 1.54) is 25.9 Å². The van der Waals surface area contributed by atoms with E-state index in [2.05, 4.69) is 55.0 Å². The minimum Gasteiger partial charge on any atom is -0.312 e. The number of piperidine rings is 1. The molecule has 0 atom stereocenters. The molecule has 1 aromatic carbocycles. The monoisotopic (exact) mass is 284 g/mol. The van der Waals surface area contributed by atoms with E-state index in [4.69, 9.17) is 0 Å². The SMILES string of the molecule is CC(C)(C)NCC1CCN(CC#Cc2ccccc2)CC1. The largest absolute Gasteiger partial charge is 0.312 e. The van der Waals surface area contributed by atoms with Gasteiger partial charge in [-0.2, -0.15) is 0 Å². The first-order valence-corrected chi connectivity index (χ1v) is 8.04. The van der Waals surface area contributed by atoms with Crippen LogP contribution in [0.15, 0.2) is 30.3 Å². The smallest absolute Gasteiger partial charge is 0.0605 e. The topological polar surface area (TPSA) is 15.3 Å². The number of benzene rings is 1. The van der Waals surface area contributed by atoms with Crippen molar-refractivity contribution in [3.05, 3.63) is 35.9 Å². The van der Waals surface area contributed by atoms with Crippen LogP contribution in [0.1, 0.15) is 39.2 Å². The van der Waals surface area contributed by atoms with Crippen LogP contribution in [0.25, 0.3) is 0 Å². The van der Waals surface area contributed by atoms with Gasteiger partial charge in [0.05, 0.1) is 6.54 Å². The van der Waals surface area contributed by atoms with Crippen molar-refractivity contribution >= 4 is 0 Å². The second-order valence-electron chi connectivity index (χ2n) is 7.02. The number of hydrogen-bond acceptors (Lipinski definition) is 2. The highest BCUT2D eigenvalue weighted by atomic mass is 15.1. The van der Waals surface area contributed by atoms with Gasteiger partial charge in [0, 0.05) is 11.1 Å². The predicted octanol–water partition coefficient (Wildman–Crippen LogP) is 3.14. The molecule has 1 aliphatic rings. The van der Waals surface area contributed by atoms with Crippen LogP contribution < -0.4 is 5.32 Å². The molecule has 21 heavy (non-hydrogen) atoms. The summed E-state index contributed by atoms with van der Waals surface area (Å²) >= 11 is 0. The maximum atomic E-state index is 3.62. The van der Waals surface area contributed by atoms with Gasteiger partial charge < -0.3 is 5.32 Å². The molecule has 1 fully saturated rings. The molecular weight excluding hydrogens is 256 g/mol. The molecule has 2 heteroatoms. The van der Waals surface area contributed by atoms with Gasteiger partial charge in [-0.1, -0.05) is 30.0 Å². The molecule has 0 saturated carbocycles. The van der Waals surface area contributed by atoms with E-state index in [1.807, 2.05) is 18.2 Å². The summed E-state index contributed by atoms with van der Waals surface area (Å²) < 4.78 is 0. The van der Waals surface area contributed by atoms with E-state index in [1.54, 1.807) is 0 Å². The average Bonchev–Trinajstić information content (AvgIpc) is 2.47. The minimum atomic E-state index is 0.234. The number of rotatable bonds is 3. The standard InChI is InChI=1S/C19H28N2/c1-19(2,3)20-16-18-11-14-21(15-12-18)13-7-10-17-8-5-4-6-9-17/h4-6,8-9,18,20H,11-16H2,1-3H3. The highest BCUT2D eigenvalue weighted by Crippen LogP contribution is 2.16. The van der Waals surface area contributed by atoms with Crippen LogP contribution in [0.5, 0.6) is 0 Å². The Morgan fingerprint density at radius 2 is 1.81 bits per heavy atom. The lowest BCUT2D eigenvalue weighted by atomic mass is 9.95. The summed E-state index contributed by atoms with van der Waals surface area (Å²) in [6.07, 6.45) is 2.58. The third-order valence-corrected chi connectivity index (χ3v) is 3.94. The normalized spacial score (nSPS) is 17.3. The van der Waals surface area contributed by atoms with Crippen LogP contribution in [-0.4, -0.2) is 36.6 Å². The Kier molecular flexibility index (Phi) is 5.85.